The standard InChI is InChI=1S/C22H30N4O3S2/c1-17-7-9-25(10-8-17)15-19-16-30-22(23-19)24-21(27)20(18-5-3-2-4-6-18)26-11-13-31(28,29)14-12-26/h2-6,16-17,20H,7-15H2,1H3,(H,23,24,27). The van der Waals surface area contributed by atoms with Crippen LogP contribution in [0, 0.1) is 5.92 Å². The highest BCUT2D eigenvalue weighted by atomic mass is 32.2. The normalized spacial score (nSPS) is 21.6. The summed E-state index contributed by atoms with van der Waals surface area (Å²) in [5.74, 6) is 0.790. The van der Waals surface area contributed by atoms with Gasteiger partial charge in [0.15, 0.2) is 15.0 Å². The number of carbonyl (C=O) groups is 1. The van der Waals surface area contributed by atoms with E-state index in [0.29, 0.717) is 18.2 Å². The molecular weight excluding hydrogens is 432 g/mol. The Morgan fingerprint density at radius 2 is 1.84 bits per heavy atom. The van der Waals surface area contributed by atoms with Gasteiger partial charge in [-0.2, -0.15) is 0 Å². The van der Waals surface area contributed by atoms with Crippen molar-refractivity contribution in [2.45, 2.75) is 32.4 Å². The number of nitrogens with zero attached hydrogens (tertiary/aromatic N) is 3. The Morgan fingerprint density at radius 3 is 2.52 bits per heavy atom. The SMILES string of the molecule is CC1CCN(Cc2csc(NC(=O)C(c3ccccc3)N3CCS(=O)(=O)CC3)n2)CC1. The lowest BCUT2D eigenvalue weighted by Gasteiger charge is -2.33. The number of benzene rings is 1. The number of piperidine rings is 1. The Morgan fingerprint density at radius 1 is 1.16 bits per heavy atom. The second kappa shape index (κ2) is 9.77. The van der Waals surface area contributed by atoms with Crippen molar-refractivity contribution in [1.29, 1.82) is 0 Å². The molecule has 2 aliphatic rings. The molecule has 9 heteroatoms. The molecule has 1 atom stereocenters. The molecule has 2 aromatic rings. The molecule has 7 nitrogen and oxygen atoms in total. The van der Waals surface area contributed by atoms with Crippen molar-refractivity contribution in [3.05, 3.63) is 47.0 Å². The van der Waals surface area contributed by atoms with E-state index in [1.54, 1.807) is 0 Å². The van der Waals surface area contributed by atoms with E-state index >= 15 is 0 Å². The Bertz CT molecular complexity index is 971. The van der Waals surface area contributed by atoms with Crippen molar-refractivity contribution in [3.63, 3.8) is 0 Å². The Labute approximate surface area is 188 Å². The van der Waals surface area contributed by atoms with E-state index in [9.17, 15) is 13.2 Å². The van der Waals surface area contributed by atoms with Crippen LogP contribution in [0.3, 0.4) is 0 Å². The maximum absolute atomic E-state index is 13.3. The van der Waals surface area contributed by atoms with E-state index in [1.807, 2.05) is 40.6 Å². The number of carbonyl (C=O) groups excluding carboxylic acids is 1. The number of amides is 1. The third-order valence-electron chi connectivity index (χ3n) is 6.15. The number of thiazole rings is 1. The lowest BCUT2D eigenvalue weighted by molar-refractivity contribution is -0.121. The fourth-order valence-corrected chi connectivity index (χ4v) is 6.14. The average molecular weight is 463 g/mol. The Balaban J connectivity index is 1.43. The first-order valence-corrected chi connectivity index (χ1v) is 13.6. The zero-order chi connectivity index (χ0) is 21.8. The van der Waals surface area contributed by atoms with Crippen molar-refractivity contribution < 1.29 is 13.2 Å². The van der Waals surface area contributed by atoms with Crippen LogP contribution in [0.1, 0.15) is 37.1 Å². The minimum absolute atomic E-state index is 0.0828. The van der Waals surface area contributed by atoms with Gasteiger partial charge in [0.25, 0.3) is 0 Å². The van der Waals surface area contributed by atoms with E-state index in [2.05, 4.69) is 22.1 Å². The first kappa shape index (κ1) is 22.4. The molecule has 2 aliphatic heterocycles. The van der Waals surface area contributed by atoms with E-state index < -0.39 is 15.9 Å². The highest BCUT2D eigenvalue weighted by molar-refractivity contribution is 7.91. The molecule has 168 valence electrons. The zero-order valence-corrected chi connectivity index (χ0v) is 19.5. The van der Waals surface area contributed by atoms with E-state index in [0.717, 1.165) is 36.8 Å². The molecule has 4 rings (SSSR count). The second-order valence-corrected chi connectivity index (χ2v) is 11.8. The van der Waals surface area contributed by atoms with Gasteiger partial charge in [0.05, 0.1) is 17.2 Å². The molecule has 2 saturated heterocycles. The van der Waals surface area contributed by atoms with Crippen LogP contribution < -0.4 is 5.32 Å². The second-order valence-electron chi connectivity index (χ2n) is 8.59. The Hall–Kier alpha value is -1.81. The van der Waals surface area contributed by atoms with Gasteiger partial charge in [-0.3, -0.25) is 14.6 Å². The van der Waals surface area contributed by atoms with Gasteiger partial charge < -0.3 is 5.32 Å². The third kappa shape index (κ3) is 5.91. The van der Waals surface area contributed by atoms with Crippen molar-refractivity contribution in [2.75, 3.05) is 43.0 Å². The molecule has 1 unspecified atom stereocenters. The maximum Gasteiger partial charge on any atom is 0.248 e. The summed E-state index contributed by atoms with van der Waals surface area (Å²) >= 11 is 1.44. The third-order valence-corrected chi connectivity index (χ3v) is 8.57. The number of hydrogen-bond donors (Lipinski definition) is 1. The fourth-order valence-electron chi connectivity index (χ4n) is 4.21. The van der Waals surface area contributed by atoms with E-state index in [-0.39, 0.29) is 17.4 Å². The number of anilines is 1. The van der Waals surface area contributed by atoms with Crippen LogP contribution in [0.25, 0.3) is 0 Å². The highest BCUT2D eigenvalue weighted by Crippen LogP contribution is 2.26. The number of likely N-dealkylation sites (tertiary alicyclic amines) is 1. The fraction of sp³-hybridized carbons (Fsp3) is 0.545. The van der Waals surface area contributed by atoms with Gasteiger partial charge in [-0.05, 0) is 37.4 Å². The van der Waals surface area contributed by atoms with E-state index in [4.69, 9.17) is 0 Å². The van der Waals surface area contributed by atoms with Crippen molar-refractivity contribution in [1.82, 2.24) is 14.8 Å². The van der Waals surface area contributed by atoms with Gasteiger partial charge in [-0.15, -0.1) is 11.3 Å². The predicted octanol–water partition coefficient (Wildman–Crippen LogP) is 2.79. The molecule has 1 N–H and O–H groups in total. The summed E-state index contributed by atoms with van der Waals surface area (Å²) in [5.41, 5.74) is 1.84. The van der Waals surface area contributed by atoms with E-state index in [1.165, 1.54) is 24.2 Å². The number of hydrogen-bond acceptors (Lipinski definition) is 7. The minimum atomic E-state index is -3.02. The first-order valence-electron chi connectivity index (χ1n) is 10.9. The first-order chi connectivity index (χ1) is 14.9. The molecule has 0 saturated carbocycles. The summed E-state index contributed by atoms with van der Waals surface area (Å²) in [5, 5.41) is 5.59. The lowest BCUT2D eigenvalue weighted by Crippen LogP contribution is -2.46. The molecule has 0 radical (unpaired) electrons. The predicted molar refractivity (Wildman–Crippen MR) is 124 cm³/mol. The van der Waals surface area contributed by atoms with Crippen LogP contribution in [0.5, 0.6) is 0 Å². The number of sulfone groups is 1. The van der Waals surface area contributed by atoms with Gasteiger partial charge in [0, 0.05) is 25.0 Å². The van der Waals surface area contributed by atoms with Crippen LogP contribution in [0.2, 0.25) is 0 Å². The largest absolute Gasteiger partial charge is 0.300 e. The molecular formula is C22H30N4O3S2. The van der Waals surface area contributed by atoms with Crippen molar-refractivity contribution >= 4 is 32.2 Å². The van der Waals surface area contributed by atoms with Crippen LogP contribution >= 0.6 is 11.3 Å². The topological polar surface area (TPSA) is 82.6 Å². The van der Waals surface area contributed by atoms with Crippen LogP contribution in [-0.4, -0.2) is 66.8 Å². The number of rotatable bonds is 6. The van der Waals surface area contributed by atoms with Gasteiger partial charge in [0.2, 0.25) is 5.91 Å². The van der Waals surface area contributed by atoms with Crippen LogP contribution in [-0.2, 0) is 21.2 Å². The highest BCUT2D eigenvalue weighted by Gasteiger charge is 2.33. The molecule has 0 aliphatic carbocycles. The smallest absolute Gasteiger partial charge is 0.248 e. The summed E-state index contributed by atoms with van der Waals surface area (Å²) in [6, 6.07) is 9.01. The zero-order valence-electron chi connectivity index (χ0n) is 17.9. The number of aromatic nitrogens is 1. The minimum Gasteiger partial charge on any atom is -0.300 e. The maximum atomic E-state index is 13.3. The molecule has 3 heterocycles. The monoisotopic (exact) mass is 462 g/mol. The molecule has 1 aromatic carbocycles. The van der Waals surface area contributed by atoms with Crippen molar-refractivity contribution in [3.8, 4) is 0 Å². The average Bonchev–Trinajstić information content (AvgIpc) is 3.18. The summed E-state index contributed by atoms with van der Waals surface area (Å²) < 4.78 is 23.7. The van der Waals surface area contributed by atoms with Crippen molar-refractivity contribution in [2.24, 2.45) is 5.92 Å². The Kier molecular flexibility index (Phi) is 7.05. The van der Waals surface area contributed by atoms with Gasteiger partial charge >= 0.3 is 0 Å². The molecule has 31 heavy (non-hydrogen) atoms. The molecule has 2 fully saturated rings. The summed E-state index contributed by atoms with van der Waals surface area (Å²) in [4.78, 5) is 22.3. The van der Waals surface area contributed by atoms with Crippen LogP contribution in [0.4, 0.5) is 5.13 Å². The summed E-state index contributed by atoms with van der Waals surface area (Å²) in [6.07, 6.45) is 2.44. The molecule has 1 amide bonds. The molecule has 0 bridgehead atoms. The van der Waals surface area contributed by atoms with Crippen LogP contribution in [0.15, 0.2) is 35.7 Å². The van der Waals surface area contributed by atoms with Gasteiger partial charge in [-0.25, -0.2) is 13.4 Å². The summed E-state index contributed by atoms with van der Waals surface area (Å²) in [6.45, 7) is 6.00. The molecule has 1 aromatic heterocycles. The quantitative estimate of drug-likeness (QED) is 0.711. The van der Waals surface area contributed by atoms with Gasteiger partial charge in [-0.1, -0.05) is 37.3 Å². The van der Waals surface area contributed by atoms with Gasteiger partial charge in [0.1, 0.15) is 6.04 Å². The summed E-state index contributed by atoms with van der Waals surface area (Å²) in [7, 11) is -3.02. The lowest BCUT2D eigenvalue weighted by atomic mass is 9.99. The number of nitrogens with one attached hydrogen (secondary N) is 1. The molecule has 0 spiro atoms.